The van der Waals surface area contributed by atoms with Gasteiger partial charge < -0.3 is 9.52 Å². The molecule has 0 bridgehead atoms. The second-order valence-electron chi connectivity index (χ2n) is 6.09. The van der Waals surface area contributed by atoms with Gasteiger partial charge in [0.2, 0.25) is 0 Å². The Hall–Kier alpha value is -1.10. The van der Waals surface area contributed by atoms with E-state index >= 15 is 0 Å². The molecule has 0 fully saturated rings. The zero-order chi connectivity index (χ0) is 17.1. The lowest BCUT2D eigenvalue weighted by molar-refractivity contribution is 0.410. The quantitative estimate of drug-likeness (QED) is 0.560. The molecule has 1 N–H and O–H groups in total. The van der Waals surface area contributed by atoms with E-state index in [2.05, 4.69) is 6.92 Å². The van der Waals surface area contributed by atoms with Gasteiger partial charge in [0.05, 0.1) is 10.8 Å². The smallest absolute Gasteiger partial charge is 0.356 e. The molecule has 0 amide bonds. The molecular formula is C18H30O4S. The lowest BCUT2D eigenvalue weighted by Gasteiger charge is -2.04. The van der Waals surface area contributed by atoms with Crippen molar-refractivity contribution in [1.29, 1.82) is 0 Å². The van der Waals surface area contributed by atoms with Crippen LogP contribution in [0, 0.1) is 6.92 Å². The first-order chi connectivity index (χ1) is 11.1. The molecule has 0 saturated heterocycles. The fourth-order valence-electron chi connectivity index (χ4n) is 2.62. The molecule has 0 aliphatic rings. The molecule has 1 heterocycles. The van der Waals surface area contributed by atoms with Crippen LogP contribution in [0.25, 0.3) is 0 Å². The summed E-state index contributed by atoms with van der Waals surface area (Å²) in [4.78, 5) is 11.6. The molecule has 0 aliphatic heterocycles. The molecule has 23 heavy (non-hydrogen) atoms. The number of unbranched alkanes of at least 4 members (excludes halogenated alkanes) is 9. The number of aromatic hydroxyl groups is 1. The highest BCUT2D eigenvalue weighted by Gasteiger charge is 2.16. The van der Waals surface area contributed by atoms with Crippen molar-refractivity contribution in [2.24, 2.45) is 0 Å². The van der Waals surface area contributed by atoms with Crippen molar-refractivity contribution in [3.63, 3.8) is 0 Å². The normalized spacial score (nSPS) is 12.4. The third-order valence-electron chi connectivity index (χ3n) is 3.92. The van der Waals surface area contributed by atoms with E-state index in [1.54, 1.807) is 6.92 Å². The maximum Gasteiger partial charge on any atom is 0.356 e. The summed E-state index contributed by atoms with van der Waals surface area (Å²) >= 11 is 0. The van der Waals surface area contributed by atoms with Crippen LogP contribution in [-0.2, 0) is 10.8 Å². The van der Waals surface area contributed by atoms with E-state index in [9.17, 15) is 14.1 Å². The topological polar surface area (TPSA) is 67.5 Å². The number of rotatable bonds is 12. The Morgan fingerprint density at radius 2 is 1.52 bits per heavy atom. The average molecular weight is 343 g/mol. The van der Waals surface area contributed by atoms with Gasteiger partial charge in [-0.25, -0.2) is 4.79 Å². The first kappa shape index (κ1) is 19.9. The first-order valence-electron chi connectivity index (χ1n) is 8.78. The highest BCUT2D eigenvalue weighted by molar-refractivity contribution is 7.85. The highest BCUT2D eigenvalue weighted by atomic mass is 32.2. The van der Waals surface area contributed by atoms with Crippen molar-refractivity contribution >= 4 is 10.8 Å². The van der Waals surface area contributed by atoms with Crippen molar-refractivity contribution in [3.8, 4) is 5.75 Å². The summed E-state index contributed by atoms with van der Waals surface area (Å²) in [6.45, 7) is 3.81. The highest BCUT2D eigenvalue weighted by Crippen LogP contribution is 2.19. The molecule has 132 valence electrons. The molecule has 1 rings (SSSR count). The largest absolute Gasteiger partial charge is 0.506 e. The minimum Gasteiger partial charge on any atom is -0.506 e. The Balaban J connectivity index is 2.17. The van der Waals surface area contributed by atoms with Crippen LogP contribution in [0.4, 0.5) is 0 Å². The van der Waals surface area contributed by atoms with E-state index in [1.807, 2.05) is 0 Å². The van der Waals surface area contributed by atoms with Gasteiger partial charge in [-0.15, -0.1) is 0 Å². The Bertz CT molecular complexity index is 536. The van der Waals surface area contributed by atoms with Crippen LogP contribution in [0.5, 0.6) is 5.75 Å². The van der Waals surface area contributed by atoms with Crippen LogP contribution in [0.15, 0.2) is 20.2 Å². The number of aryl methyl sites for hydroxylation is 1. The molecule has 1 aromatic heterocycles. The van der Waals surface area contributed by atoms with E-state index in [0.717, 1.165) is 19.3 Å². The zero-order valence-electron chi connectivity index (χ0n) is 14.4. The maximum absolute atomic E-state index is 12.1. The van der Waals surface area contributed by atoms with Gasteiger partial charge in [-0.05, 0) is 13.3 Å². The molecule has 0 aliphatic carbocycles. The van der Waals surface area contributed by atoms with Gasteiger partial charge in [0.1, 0.15) is 11.5 Å². The molecule has 4 nitrogen and oxygen atoms in total. The van der Waals surface area contributed by atoms with Crippen LogP contribution in [0.2, 0.25) is 0 Å². The predicted molar refractivity (Wildman–Crippen MR) is 94.5 cm³/mol. The average Bonchev–Trinajstić information content (AvgIpc) is 2.48. The van der Waals surface area contributed by atoms with E-state index in [0.29, 0.717) is 11.5 Å². The summed E-state index contributed by atoms with van der Waals surface area (Å²) in [6, 6.07) is 1.34. The van der Waals surface area contributed by atoms with Gasteiger partial charge in [0, 0.05) is 11.8 Å². The molecule has 0 spiro atoms. The summed E-state index contributed by atoms with van der Waals surface area (Å²) in [5.41, 5.74) is -0.687. The number of hydrogen-bond acceptors (Lipinski definition) is 4. The van der Waals surface area contributed by atoms with Crippen molar-refractivity contribution < 1.29 is 13.7 Å². The first-order valence-corrected chi connectivity index (χ1v) is 10.1. The molecular weight excluding hydrogens is 312 g/mol. The maximum atomic E-state index is 12.1. The van der Waals surface area contributed by atoms with Crippen LogP contribution in [0.3, 0.4) is 0 Å². The molecule has 0 radical (unpaired) electrons. The molecule has 5 heteroatoms. The van der Waals surface area contributed by atoms with Gasteiger partial charge in [-0.3, -0.25) is 4.21 Å². The summed E-state index contributed by atoms with van der Waals surface area (Å²) in [7, 11) is -1.48. The molecule has 0 aromatic carbocycles. The summed E-state index contributed by atoms with van der Waals surface area (Å²) in [5, 5.41) is 9.75. The molecule has 0 saturated carbocycles. The second-order valence-corrected chi connectivity index (χ2v) is 7.60. The SMILES string of the molecule is CCCCCCCCCCCCS(=O)c1c(O)cc(C)oc1=O. The van der Waals surface area contributed by atoms with Gasteiger partial charge >= 0.3 is 5.63 Å². The fourth-order valence-corrected chi connectivity index (χ4v) is 3.81. The van der Waals surface area contributed by atoms with E-state index < -0.39 is 16.4 Å². The van der Waals surface area contributed by atoms with Gasteiger partial charge in [-0.1, -0.05) is 64.7 Å². The minimum atomic E-state index is -1.48. The molecule has 1 aromatic rings. The van der Waals surface area contributed by atoms with E-state index in [-0.39, 0.29) is 10.6 Å². The van der Waals surface area contributed by atoms with Crippen LogP contribution >= 0.6 is 0 Å². The van der Waals surface area contributed by atoms with E-state index in [1.165, 1.54) is 51.0 Å². The standard InChI is InChI=1S/C18H30O4S/c1-3-4-5-6-7-8-9-10-11-12-13-23(21)17-16(19)14-15(2)22-18(17)20/h14,19H,3-13H2,1-2H3. The molecule has 1 unspecified atom stereocenters. The minimum absolute atomic E-state index is 0.0912. The van der Waals surface area contributed by atoms with Gasteiger partial charge in [0.25, 0.3) is 0 Å². The van der Waals surface area contributed by atoms with Crippen molar-refractivity contribution in [2.75, 3.05) is 5.75 Å². The summed E-state index contributed by atoms with van der Waals surface area (Å²) < 4.78 is 17.0. The van der Waals surface area contributed by atoms with Crippen molar-refractivity contribution in [1.82, 2.24) is 0 Å². The predicted octanol–water partition coefficient (Wildman–Crippen LogP) is 4.68. The Labute approximate surface area is 141 Å². The monoisotopic (exact) mass is 342 g/mol. The Morgan fingerprint density at radius 3 is 2.04 bits per heavy atom. The lowest BCUT2D eigenvalue weighted by Crippen LogP contribution is -2.12. The van der Waals surface area contributed by atoms with Crippen LogP contribution in [0.1, 0.15) is 76.9 Å². The van der Waals surface area contributed by atoms with Crippen molar-refractivity contribution in [2.45, 2.75) is 83.0 Å². The third-order valence-corrected chi connectivity index (χ3v) is 5.41. The lowest BCUT2D eigenvalue weighted by atomic mass is 10.1. The van der Waals surface area contributed by atoms with Crippen LogP contribution in [-0.4, -0.2) is 15.1 Å². The van der Waals surface area contributed by atoms with Crippen LogP contribution < -0.4 is 5.63 Å². The zero-order valence-corrected chi connectivity index (χ0v) is 15.3. The van der Waals surface area contributed by atoms with E-state index in [4.69, 9.17) is 4.42 Å². The third kappa shape index (κ3) is 7.82. The molecule has 1 atom stereocenters. The second kappa shape index (κ2) is 11.4. The fraction of sp³-hybridized carbons (Fsp3) is 0.722. The van der Waals surface area contributed by atoms with Gasteiger partial charge in [-0.2, -0.15) is 0 Å². The Kier molecular flexibility index (Phi) is 9.92. The number of hydrogen-bond donors (Lipinski definition) is 1. The van der Waals surface area contributed by atoms with Gasteiger partial charge in [0.15, 0.2) is 4.90 Å². The summed E-state index contributed by atoms with van der Waals surface area (Å²) in [6.07, 6.45) is 12.1. The summed E-state index contributed by atoms with van der Waals surface area (Å²) in [5.74, 6) is 0.508. The Morgan fingerprint density at radius 1 is 1.00 bits per heavy atom. The van der Waals surface area contributed by atoms with Crippen molar-refractivity contribution in [3.05, 3.63) is 22.2 Å².